The number of rotatable bonds is 6. The average molecular weight is 318 g/mol. The van der Waals surface area contributed by atoms with E-state index in [-0.39, 0.29) is 5.82 Å². The van der Waals surface area contributed by atoms with E-state index in [1.165, 1.54) is 18.6 Å². The van der Waals surface area contributed by atoms with E-state index in [9.17, 15) is 9.18 Å². The van der Waals surface area contributed by atoms with Crippen LogP contribution in [0.3, 0.4) is 0 Å². The molecule has 0 radical (unpaired) electrons. The first-order valence-corrected chi connectivity index (χ1v) is 8.97. The fraction of sp³-hybridized carbons (Fsp3) is 0.632. The molecule has 4 heteroatoms. The van der Waals surface area contributed by atoms with E-state index in [0.29, 0.717) is 24.3 Å². The molecule has 3 nitrogen and oxygen atoms in total. The topological polar surface area (TPSA) is 32.3 Å². The standard InChI is InChI=1S/C19H27FN2O/c20-17-5-3-15(4-6-17)10-13-22(18-7-8-18)19(23)14-16-2-1-11-21-12-9-16/h3-6,16,18,21H,1-2,7-14H2. The normalized spacial score (nSPS) is 21.7. The maximum Gasteiger partial charge on any atom is 0.223 e. The second-order valence-corrected chi connectivity index (χ2v) is 6.95. The molecule has 1 atom stereocenters. The van der Waals surface area contributed by atoms with Crippen molar-refractivity contribution in [1.82, 2.24) is 10.2 Å². The Labute approximate surface area is 138 Å². The van der Waals surface area contributed by atoms with Crippen LogP contribution >= 0.6 is 0 Å². The van der Waals surface area contributed by atoms with Gasteiger partial charge in [-0.1, -0.05) is 12.1 Å². The molecule has 1 aliphatic heterocycles. The number of carbonyl (C=O) groups excluding carboxylic acids is 1. The summed E-state index contributed by atoms with van der Waals surface area (Å²) in [5, 5.41) is 3.41. The quantitative estimate of drug-likeness (QED) is 0.874. The highest BCUT2D eigenvalue weighted by Gasteiger charge is 2.33. The summed E-state index contributed by atoms with van der Waals surface area (Å²) in [6.07, 6.45) is 7.24. The van der Waals surface area contributed by atoms with Crippen molar-refractivity contribution in [3.63, 3.8) is 0 Å². The molecule has 1 saturated carbocycles. The molecule has 1 saturated heterocycles. The minimum Gasteiger partial charge on any atom is -0.339 e. The van der Waals surface area contributed by atoms with Crippen LogP contribution in [0.4, 0.5) is 4.39 Å². The van der Waals surface area contributed by atoms with Crippen LogP contribution in [0.1, 0.15) is 44.1 Å². The molecular weight excluding hydrogens is 291 g/mol. The lowest BCUT2D eigenvalue weighted by Gasteiger charge is -2.25. The number of benzene rings is 1. The van der Waals surface area contributed by atoms with E-state index in [4.69, 9.17) is 0 Å². The molecule has 1 aromatic carbocycles. The van der Waals surface area contributed by atoms with Gasteiger partial charge in [-0.15, -0.1) is 0 Å². The molecule has 1 N–H and O–H groups in total. The molecule has 1 heterocycles. The maximum absolute atomic E-state index is 13.0. The van der Waals surface area contributed by atoms with Crippen molar-refractivity contribution in [2.24, 2.45) is 5.92 Å². The number of nitrogens with zero attached hydrogens (tertiary/aromatic N) is 1. The third kappa shape index (κ3) is 5.03. The second-order valence-electron chi connectivity index (χ2n) is 6.95. The molecule has 3 rings (SSSR count). The van der Waals surface area contributed by atoms with Crippen LogP contribution in [0.15, 0.2) is 24.3 Å². The van der Waals surface area contributed by atoms with Gasteiger partial charge in [-0.2, -0.15) is 0 Å². The lowest BCUT2D eigenvalue weighted by molar-refractivity contribution is -0.132. The molecule has 0 spiro atoms. The molecule has 0 bridgehead atoms. The molecule has 1 unspecified atom stereocenters. The molecule has 1 aliphatic carbocycles. The Morgan fingerprint density at radius 2 is 1.91 bits per heavy atom. The smallest absolute Gasteiger partial charge is 0.223 e. The van der Waals surface area contributed by atoms with E-state index in [0.717, 1.165) is 57.3 Å². The Kier molecular flexibility index (Phi) is 5.65. The molecule has 126 valence electrons. The Morgan fingerprint density at radius 3 is 2.65 bits per heavy atom. The van der Waals surface area contributed by atoms with E-state index >= 15 is 0 Å². The summed E-state index contributed by atoms with van der Waals surface area (Å²) in [5.74, 6) is 0.650. The summed E-state index contributed by atoms with van der Waals surface area (Å²) >= 11 is 0. The van der Waals surface area contributed by atoms with Gasteiger partial charge < -0.3 is 10.2 Å². The highest BCUT2D eigenvalue weighted by Crippen LogP contribution is 2.29. The van der Waals surface area contributed by atoms with Crippen LogP contribution in [-0.4, -0.2) is 36.5 Å². The third-order valence-electron chi connectivity index (χ3n) is 5.02. The summed E-state index contributed by atoms with van der Waals surface area (Å²) in [6, 6.07) is 7.09. The number of halogens is 1. The van der Waals surface area contributed by atoms with Gasteiger partial charge in [-0.05, 0) is 75.2 Å². The first kappa shape index (κ1) is 16.4. The van der Waals surface area contributed by atoms with Crippen LogP contribution < -0.4 is 5.32 Å². The molecule has 1 aromatic rings. The SMILES string of the molecule is O=C(CC1CCCNCC1)N(CCc1ccc(F)cc1)C1CC1. The monoisotopic (exact) mass is 318 g/mol. The van der Waals surface area contributed by atoms with Crippen LogP contribution in [0, 0.1) is 11.7 Å². The Bertz CT molecular complexity index is 505. The Balaban J connectivity index is 1.53. The molecular formula is C19H27FN2O. The lowest BCUT2D eigenvalue weighted by Crippen LogP contribution is -2.36. The van der Waals surface area contributed by atoms with Crippen LogP contribution in [-0.2, 0) is 11.2 Å². The van der Waals surface area contributed by atoms with Crippen LogP contribution in [0.2, 0.25) is 0 Å². The van der Waals surface area contributed by atoms with Gasteiger partial charge in [0.15, 0.2) is 0 Å². The zero-order chi connectivity index (χ0) is 16.1. The molecule has 1 amide bonds. The summed E-state index contributed by atoms with van der Waals surface area (Å²) < 4.78 is 13.0. The summed E-state index contributed by atoms with van der Waals surface area (Å²) in [4.78, 5) is 14.8. The minimum absolute atomic E-state index is 0.203. The van der Waals surface area contributed by atoms with Gasteiger partial charge in [-0.25, -0.2) is 4.39 Å². The predicted molar refractivity (Wildman–Crippen MR) is 89.7 cm³/mol. The van der Waals surface area contributed by atoms with E-state index < -0.39 is 0 Å². The van der Waals surface area contributed by atoms with Gasteiger partial charge in [0.05, 0.1) is 0 Å². The minimum atomic E-state index is -0.203. The number of carbonyl (C=O) groups is 1. The first-order chi connectivity index (χ1) is 11.2. The molecule has 23 heavy (non-hydrogen) atoms. The van der Waals surface area contributed by atoms with Crippen LogP contribution in [0.5, 0.6) is 0 Å². The largest absolute Gasteiger partial charge is 0.339 e. The summed E-state index contributed by atoms with van der Waals surface area (Å²) in [7, 11) is 0. The van der Waals surface area contributed by atoms with Crippen molar-refractivity contribution in [3.8, 4) is 0 Å². The first-order valence-electron chi connectivity index (χ1n) is 8.97. The number of hydrogen-bond acceptors (Lipinski definition) is 2. The second kappa shape index (κ2) is 7.91. The summed E-state index contributed by atoms with van der Waals surface area (Å²) in [5.41, 5.74) is 1.10. The molecule has 2 fully saturated rings. The van der Waals surface area contributed by atoms with Crippen LogP contribution in [0.25, 0.3) is 0 Å². The molecule has 2 aliphatic rings. The van der Waals surface area contributed by atoms with Crippen molar-refractivity contribution in [1.29, 1.82) is 0 Å². The number of hydrogen-bond donors (Lipinski definition) is 1. The Hall–Kier alpha value is -1.42. The van der Waals surface area contributed by atoms with Crippen molar-refractivity contribution < 1.29 is 9.18 Å². The van der Waals surface area contributed by atoms with Crippen molar-refractivity contribution >= 4 is 5.91 Å². The highest BCUT2D eigenvalue weighted by molar-refractivity contribution is 5.77. The van der Waals surface area contributed by atoms with Gasteiger partial charge in [0.25, 0.3) is 0 Å². The maximum atomic E-state index is 13.0. The van der Waals surface area contributed by atoms with E-state index in [2.05, 4.69) is 10.2 Å². The molecule has 0 aromatic heterocycles. The van der Waals surface area contributed by atoms with Crippen molar-refractivity contribution in [2.45, 2.75) is 51.0 Å². The highest BCUT2D eigenvalue weighted by atomic mass is 19.1. The van der Waals surface area contributed by atoms with Gasteiger partial charge in [0, 0.05) is 19.0 Å². The fourth-order valence-electron chi connectivity index (χ4n) is 3.46. The zero-order valence-electron chi connectivity index (χ0n) is 13.8. The number of nitrogens with one attached hydrogen (secondary N) is 1. The third-order valence-corrected chi connectivity index (χ3v) is 5.02. The van der Waals surface area contributed by atoms with E-state index in [1.807, 2.05) is 12.1 Å². The fourth-order valence-corrected chi connectivity index (χ4v) is 3.46. The van der Waals surface area contributed by atoms with E-state index in [1.54, 1.807) is 0 Å². The summed E-state index contributed by atoms with van der Waals surface area (Å²) in [6.45, 7) is 2.89. The average Bonchev–Trinajstić information content (AvgIpc) is 3.37. The zero-order valence-corrected chi connectivity index (χ0v) is 13.8. The van der Waals surface area contributed by atoms with Crippen molar-refractivity contribution in [3.05, 3.63) is 35.6 Å². The van der Waals surface area contributed by atoms with Gasteiger partial charge in [0.2, 0.25) is 5.91 Å². The van der Waals surface area contributed by atoms with Gasteiger partial charge in [0.1, 0.15) is 5.82 Å². The number of amides is 1. The van der Waals surface area contributed by atoms with Crippen molar-refractivity contribution in [2.75, 3.05) is 19.6 Å². The lowest BCUT2D eigenvalue weighted by atomic mass is 9.96. The predicted octanol–water partition coefficient (Wildman–Crippen LogP) is 3.14. The Morgan fingerprint density at radius 1 is 1.13 bits per heavy atom. The van der Waals surface area contributed by atoms with Gasteiger partial charge >= 0.3 is 0 Å². The van der Waals surface area contributed by atoms with Gasteiger partial charge in [-0.3, -0.25) is 4.79 Å².